The number of alkyl halides is 3. The van der Waals surface area contributed by atoms with Gasteiger partial charge >= 0.3 is 19.7 Å². The molecule has 0 fully saturated rings. The summed E-state index contributed by atoms with van der Waals surface area (Å²) in [6.45, 7) is 0.464. The quantitative estimate of drug-likeness (QED) is 0.0487. The molecule has 0 saturated heterocycles. The molecule has 0 aliphatic carbocycles. The van der Waals surface area contributed by atoms with Crippen LogP contribution in [0.2, 0.25) is 0 Å². The van der Waals surface area contributed by atoms with Crippen molar-refractivity contribution in [2.45, 2.75) is 41.6 Å². The standard InChI is InChI=1S/C31H35N6O8PS2.C2HF3O2/c1-21(34-30(40)26(20-38)37-48(42,43)28-13-8-18-47-28)29(39)36-27(19-22-14-16-23(17-15-22)35-31(32)33)46(41,44-24-9-4-2-5-10-24)45-25-11-6-3-7-12-25;3-2(4,5)1(6)7/h2-18,21,26-27,37-38H,19-20H2,1H3,(H,34,40)(H,36,39)(H4,32,33,35);(H,6,7)/t21-,26+,27?;/m0./s1. The van der Waals surface area contributed by atoms with E-state index in [0.29, 0.717) is 11.3 Å². The van der Waals surface area contributed by atoms with Crippen LogP contribution in [-0.4, -0.2) is 73.0 Å². The number of aliphatic imine (C=N–C) groups is 1. The van der Waals surface area contributed by atoms with Gasteiger partial charge in [-0.2, -0.15) is 17.9 Å². The molecule has 3 aromatic carbocycles. The van der Waals surface area contributed by atoms with Crippen molar-refractivity contribution in [1.29, 1.82) is 0 Å². The normalized spacial score (nSPS) is 13.1. The number of guanidine groups is 1. The average molecular weight is 829 g/mol. The molecule has 1 unspecified atom stereocenters. The van der Waals surface area contributed by atoms with Gasteiger partial charge in [-0.1, -0.05) is 54.6 Å². The Balaban J connectivity index is 0.00000106. The number of nitrogens with zero attached hydrogens (tertiary/aromatic N) is 1. The minimum atomic E-state index is -5.08. The van der Waals surface area contributed by atoms with Gasteiger partial charge in [0, 0.05) is 6.42 Å². The highest BCUT2D eigenvalue weighted by molar-refractivity contribution is 7.91. The third-order valence-electron chi connectivity index (χ3n) is 6.82. The Bertz CT molecular complexity index is 2010. The van der Waals surface area contributed by atoms with Gasteiger partial charge in [0.15, 0.2) is 11.7 Å². The summed E-state index contributed by atoms with van der Waals surface area (Å²) in [5.74, 6) is -5.54. The highest BCUT2D eigenvalue weighted by Gasteiger charge is 2.42. The van der Waals surface area contributed by atoms with Crippen LogP contribution in [0.15, 0.2) is 112 Å². The zero-order valence-corrected chi connectivity index (χ0v) is 31.1. The summed E-state index contributed by atoms with van der Waals surface area (Å²) in [6, 6.07) is 23.1. The molecule has 0 aliphatic rings. The van der Waals surface area contributed by atoms with Crippen LogP contribution in [0, 0.1) is 0 Å². The minimum absolute atomic E-state index is 0.0544. The molecule has 3 atom stereocenters. The number of carbonyl (C=O) groups excluding carboxylic acids is 2. The fourth-order valence-corrected chi connectivity index (χ4v) is 8.27. The molecular weight excluding hydrogens is 792 g/mol. The molecule has 296 valence electrons. The Labute approximate surface area is 317 Å². The number of benzene rings is 3. The zero-order chi connectivity index (χ0) is 40.8. The largest absolute Gasteiger partial charge is 0.490 e. The van der Waals surface area contributed by atoms with Crippen molar-refractivity contribution >= 4 is 58.4 Å². The van der Waals surface area contributed by atoms with Crippen molar-refractivity contribution in [3.05, 3.63) is 108 Å². The van der Waals surface area contributed by atoms with E-state index in [9.17, 15) is 40.8 Å². The second-order valence-corrected chi connectivity index (χ2v) is 16.1. The van der Waals surface area contributed by atoms with Crippen LogP contribution in [0.3, 0.4) is 0 Å². The Morgan fingerprint density at radius 1 is 0.873 bits per heavy atom. The van der Waals surface area contributed by atoms with Gasteiger partial charge in [0.2, 0.25) is 11.8 Å². The summed E-state index contributed by atoms with van der Waals surface area (Å²) in [7, 11) is -8.44. The highest BCUT2D eigenvalue weighted by atomic mass is 32.2. The summed E-state index contributed by atoms with van der Waals surface area (Å²) >= 11 is 0.931. The molecule has 1 aromatic heterocycles. The van der Waals surface area contributed by atoms with Gasteiger partial charge in [-0.15, -0.1) is 11.3 Å². The lowest BCUT2D eigenvalue weighted by Gasteiger charge is -2.29. The van der Waals surface area contributed by atoms with Gasteiger partial charge in [-0.05, 0) is 60.3 Å². The Kier molecular flexibility index (Phi) is 15.8. The maximum absolute atomic E-state index is 14.8. The number of carboxylic acid groups (broad SMARTS) is 1. The Hall–Kier alpha value is -5.47. The SMILES string of the molecule is C[C@H](NC(=O)[C@@H](CO)NS(=O)(=O)c1cccs1)C(=O)NC(Cc1ccc(N=C(N)N)cc1)P(=O)(Oc1ccccc1)Oc1ccccc1.O=C(O)C(F)(F)F. The first-order chi connectivity index (χ1) is 25.8. The lowest BCUT2D eigenvalue weighted by Crippen LogP contribution is -2.55. The van der Waals surface area contributed by atoms with E-state index >= 15 is 0 Å². The summed E-state index contributed by atoms with van der Waals surface area (Å²) < 4.78 is 85.8. The van der Waals surface area contributed by atoms with Crippen LogP contribution < -0.4 is 35.9 Å². The number of para-hydroxylation sites is 2. The molecule has 0 aliphatic heterocycles. The number of nitrogens with two attached hydrogens (primary N) is 2. The smallest absolute Gasteiger partial charge is 0.475 e. The van der Waals surface area contributed by atoms with Crippen molar-refractivity contribution in [2.24, 2.45) is 16.5 Å². The van der Waals surface area contributed by atoms with Crippen molar-refractivity contribution in [2.75, 3.05) is 6.61 Å². The van der Waals surface area contributed by atoms with Crippen molar-refractivity contribution in [3.63, 3.8) is 0 Å². The number of thiophene rings is 1. The minimum Gasteiger partial charge on any atom is -0.475 e. The van der Waals surface area contributed by atoms with Crippen LogP contribution in [0.4, 0.5) is 18.9 Å². The number of nitrogens with one attached hydrogen (secondary N) is 3. The molecule has 55 heavy (non-hydrogen) atoms. The van der Waals surface area contributed by atoms with Gasteiger partial charge in [-0.3, -0.25) is 9.59 Å². The lowest BCUT2D eigenvalue weighted by atomic mass is 10.1. The lowest BCUT2D eigenvalue weighted by molar-refractivity contribution is -0.192. The first kappa shape index (κ1) is 43.9. The van der Waals surface area contributed by atoms with E-state index in [4.69, 9.17) is 30.4 Å². The maximum atomic E-state index is 14.8. The van der Waals surface area contributed by atoms with E-state index in [1.807, 2.05) is 0 Å². The van der Waals surface area contributed by atoms with Crippen LogP contribution in [0.5, 0.6) is 11.5 Å². The summed E-state index contributed by atoms with van der Waals surface area (Å²) in [5, 5.41) is 23.6. The van der Waals surface area contributed by atoms with Crippen LogP contribution >= 0.6 is 18.9 Å². The third kappa shape index (κ3) is 14.0. The number of sulfonamides is 1. The van der Waals surface area contributed by atoms with Crippen LogP contribution in [0.25, 0.3) is 0 Å². The highest BCUT2D eigenvalue weighted by Crippen LogP contribution is 2.53. The average Bonchev–Trinajstić information content (AvgIpc) is 3.68. The van der Waals surface area contributed by atoms with E-state index in [1.54, 1.807) is 90.3 Å². The number of hydrogen-bond donors (Lipinski definition) is 7. The van der Waals surface area contributed by atoms with E-state index in [2.05, 4.69) is 20.3 Å². The molecular formula is C33H36F3N6O10PS2. The number of aliphatic carboxylic acids is 1. The van der Waals surface area contributed by atoms with E-state index in [-0.39, 0.29) is 28.1 Å². The third-order valence-corrected chi connectivity index (χ3v) is 11.7. The predicted molar refractivity (Wildman–Crippen MR) is 196 cm³/mol. The second kappa shape index (κ2) is 19.7. The van der Waals surface area contributed by atoms with Gasteiger partial charge < -0.3 is 41.4 Å². The van der Waals surface area contributed by atoms with Crippen molar-refractivity contribution in [3.8, 4) is 11.5 Å². The Morgan fingerprint density at radius 2 is 1.40 bits per heavy atom. The summed E-state index contributed by atoms with van der Waals surface area (Å²) in [5.41, 5.74) is 12.0. The number of rotatable bonds is 16. The zero-order valence-electron chi connectivity index (χ0n) is 28.6. The molecule has 22 heteroatoms. The van der Waals surface area contributed by atoms with Gasteiger partial charge in [-0.25, -0.2) is 22.8 Å². The van der Waals surface area contributed by atoms with E-state index in [1.165, 1.54) is 19.1 Å². The van der Waals surface area contributed by atoms with E-state index in [0.717, 1.165) is 11.3 Å². The molecule has 0 spiro atoms. The summed E-state index contributed by atoms with van der Waals surface area (Å²) in [6.07, 6.45) is -5.15. The van der Waals surface area contributed by atoms with Crippen LogP contribution in [-0.2, 0) is 35.4 Å². The molecule has 0 saturated carbocycles. The number of hydrogen-bond acceptors (Lipinski definition) is 11. The topological polar surface area (TPSA) is 262 Å². The monoisotopic (exact) mass is 828 g/mol. The fourth-order valence-electron chi connectivity index (χ4n) is 4.23. The molecule has 9 N–H and O–H groups in total. The molecule has 2 amide bonds. The Morgan fingerprint density at radius 3 is 1.84 bits per heavy atom. The number of amides is 2. The molecule has 4 rings (SSSR count). The van der Waals surface area contributed by atoms with Gasteiger partial charge in [0.1, 0.15) is 27.8 Å². The number of aliphatic hydroxyl groups excluding tert-OH is 1. The maximum Gasteiger partial charge on any atom is 0.490 e. The second-order valence-electron chi connectivity index (χ2n) is 11.1. The first-order valence-corrected chi connectivity index (χ1v) is 19.7. The first-order valence-electron chi connectivity index (χ1n) is 15.7. The van der Waals surface area contributed by atoms with Gasteiger partial charge in [0.25, 0.3) is 10.0 Å². The number of aliphatic hydroxyl groups is 1. The van der Waals surface area contributed by atoms with Crippen molar-refractivity contribution < 1.29 is 59.8 Å². The predicted octanol–water partition coefficient (Wildman–Crippen LogP) is 3.47. The van der Waals surface area contributed by atoms with E-state index < -0.39 is 66.1 Å². The number of carboxylic acids is 1. The molecule has 0 radical (unpaired) electrons. The van der Waals surface area contributed by atoms with Crippen LogP contribution in [0.1, 0.15) is 12.5 Å². The fraction of sp³-hybridized carbons (Fsp3) is 0.212. The molecule has 0 bridgehead atoms. The summed E-state index contributed by atoms with van der Waals surface area (Å²) in [4.78, 5) is 39.5. The number of carbonyl (C=O) groups is 3. The number of halogens is 3. The van der Waals surface area contributed by atoms with Crippen molar-refractivity contribution in [1.82, 2.24) is 15.4 Å². The molecule has 1 heterocycles. The molecule has 16 nitrogen and oxygen atoms in total. The molecule has 4 aromatic rings. The van der Waals surface area contributed by atoms with Gasteiger partial charge in [0.05, 0.1) is 12.3 Å².